The first-order valence-corrected chi connectivity index (χ1v) is 7.13. The number of nitrogens with one attached hydrogen (secondary N) is 1. The lowest BCUT2D eigenvalue weighted by atomic mass is 9.97. The van der Waals surface area contributed by atoms with Crippen molar-refractivity contribution in [2.45, 2.75) is 25.9 Å². The highest BCUT2D eigenvalue weighted by Crippen LogP contribution is 2.30. The van der Waals surface area contributed by atoms with Crippen LogP contribution in [0.1, 0.15) is 18.2 Å². The van der Waals surface area contributed by atoms with Crippen LogP contribution in [0, 0.1) is 0 Å². The van der Waals surface area contributed by atoms with Gasteiger partial charge in [-0.3, -0.25) is 9.59 Å². The molecule has 110 valence electrons. The van der Waals surface area contributed by atoms with Crippen molar-refractivity contribution in [2.24, 2.45) is 0 Å². The van der Waals surface area contributed by atoms with E-state index < -0.39 is 0 Å². The Hall–Kier alpha value is -2.30. The summed E-state index contributed by atoms with van der Waals surface area (Å²) in [6, 6.07) is 8.37. The molecular weight excluding hydrogens is 266 g/mol. The number of nitrogens with zero attached hydrogens (tertiary/aromatic N) is 2. The minimum Gasteiger partial charge on any atom is -0.357 e. The first-order chi connectivity index (χ1) is 10.1. The number of hydrogen-bond acceptors (Lipinski definition) is 2. The van der Waals surface area contributed by atoms with E-state index in [-0.39, 0.29) is 18.5 Å². The van der Waals surface area contributed by atoms with Gasteiger partial charge in [-0.1, -0.05) is 18.2 Å². The van der Waals surface area contributed by atoms with Gasteiger partial charge in [0.05, 0.1) is 13.1 Å². The third-order valence-electron chi connectivity index (χ3n) is 4.15. The highest BCUT2D eigenvalue weighted by Gasteiger charge is 2.29. The summed E-state index contributed by atoms with van der Waals surface area (Å²) in [4.78, 5) is 29.6. The standard InChI is InChI=1S/C16H19N3O2/c1-11-7-13-12-5-3-4-6-14(12)17-15(13)8-19(11)16(21)9-18(2)10-20/h3-6,10-11,17H,7-9H2,1-2H3/t11-/m0/s1. The quantitative estimate of drug-likeness (QED) is 0.870. The second-order valence-electron chi connectivity index (χ2n) is 5.72. The number of rotatable bonds is 3. The van der Waals surface area contributed by atoms with Crippen molar-refractivity contribution in [3.05, 3.63) is 35.5 Å². The van der Waals surface area contributed by atoms with Crippen LogP contribution in [-0.2, 0) is 22.6 Å². The van der Waals surface area contributed by atoms with Crippen LogP contribution in [0.3, 0.4) is 0 Å². The van der Waals surface area contributed by atoms with Crippen molar-refractivity contribution in [2.75, 3.05) is 13.6 Å². The maximum Gasteiger partial charge on any atom is 0.242 e. The number of carbonyl (C=O) groups excluding carboxylic acids is 2. The fourth-order valence-electron chi connectivity index (χ4n) is 3.03. The van der Waals surface area contributed by atoms with Gasteiger partial charge in [0.25, 0.3) is 0 Å². The number of carbonyl (C=O) groups is 2. The molecule has 0 bridgehead atoms. The van der Waals surface area contributed by atoms with Gasteiger partial charge in [-0.2, -0.15) is 0 Å². The van der Waals surface area contributed by atoms with Crippen molar-refractivity contribution in [3.8, 4) is 0 Å². The predicted molar refractivity (Wildman–Crippen MR) is 80.7 cm³/mol. The molecule has 1 aliphatic heterocycles. The van der Waals surface area contributed by atoms with Gasteiger partial charge in [0.1, 0.15) is 0 Å². The second kappa shape index (κ2) is 5.24. The minimum atomic E-state index is -0.0126. The lowest BCUT2D eigenvalue weighted by molar-refractivity contribution is -0.137. The van der Waals surface area contributed by atoms with E-state index >= 15 is 0 Å². The molecular formula is C16H19N3O2. The van der Waals surface area contributed by atoms with Gasteiger partial charge >= 0.3 is 0 Å². The van der Waals surface area contributed by atoms with Crippen LogP contribution in [-0.4, -0.2) is 46.7 Å². The summed E-state index contributed by atoms with van der Waals surface area (Å²) >= 11 is 0. The Morgan fingerprint density at radius 1 is 1.48 bits per heavy atom. The number of fused-ring (bicyclic) bond motifs is 3. The van der Waals surface area contributed by atoms with Crippen molar-refractivity contribution in [3.63, 3.8) is 0 Å². The molecule has 0 saturated carbocycles. The van der Waals surface area contributed by atoms with Crippen LogP contribution in [0.5, 0.6) is 0 Å². The number of likely N-dealkylation sites (N-methyl/N-ethyl adjacent to an activating group) is 1. The maximum absolute atomic E-state index is 12.3. The van der Waals surface area contributed by atoms with Crippen LogP contribution >= 0.6 is 0 Å². The number of aromatic nitrogens is 1. The number of H-pyrrole nitrogens is 1. The van der Waals surface area contributed by atoms with Crippen LogP contribution in [0.2, 0.25) is 0 Å². The van der Waals surface area contributed by atoms with Crippen molar-refractivity contribution >= 4 is 23.2 Å². The van der Waals surface area contributed by atoms with E-state index in [0.717, 1.165) is 17.6 Å². The van der Waals surface area contributed by atoms with Gasteiger partial charge in [0.2, 0.25) is 12.3 Å². The molecule has 2 heterocycles. The summed E-state index contributed by atoms with van der Waals surface area (Å²) in [5.74, 6) is -0.0126. The Kier molecular flexibility index (Phi) is 3.41. The molecule has 2 amide bonds. The first-order valence-electron chi connectivity index (χ1n) is 7.13. The van der Waals surface area contributed by atoms with E-state index in [1.54, 1.807) is 7.05 Å². The molecule has 0 spiro atoms. The molecule has 0 radical (unpaired) electrons. The molecule has 3 rings (SSSR count). The van der Waals surface area contributed by atoms with E-state index in [4.69, 9.17) is 0 Å². The molecule has 0 saturated heterocycles. The number of aromatic amines is 1. The third kappa shape index (κ3) is 2.39. The van der Waals surface area contributed by atoms with E-state index in [0.29, 0.717) is 13.0 Å². The second-order valence-corrected chi connectivity index (χ2v) is 5.72. The normalized spacial score (nSPS) is 17.6. The van der Waals surface area contributed by atoms with Gasteiger partial charge in [-0.05, 0) is 25.0 Å². The number of amides is 2. The molecule has 1 aliphatic rings. The van der Waals surface area contributed by atoms with Crippen LogP contribution in [0.4, 0.5) is 0 Å². The van der Waals surface area contributed by atoms with Gasteiger partial charge in [0.15, 0.2) is 0 Å². The van der Waals surface area contributed by atoms with Gasteiger partial charge in [-0.25, -0.2) is 0 Å². The fourth-order valence-corrected chi connectivity index (χ4v) is 3.03. The summed E-state index contributed by atoms with van der Waals surface area (Å²) in [6.07, 6.45) is 1.52. The zero-order valence-electron chi connectivity index (χ0n) is 12.3. The Morgan fingerprint density at radius 3 is 3.00 bits per heavy atom. The molecule has 0 fully saturated rings. The molecule has 0 unspecified atom stereocenters. The van der Waals surface area contributed by atoms with E-state index in [1.165, 1.54) is 15.8 Å². The predicted octanol–water partition coefficient (Wildman–Crippen LogP) is 1.53. The van der Waals surface area contributed by atoms with Gasteiger partial charge in [0, 0.05) is 29.7 Å². The highest BCUT2D eigenvalue weighted by atomic mass is 16.2. The fraction of sp³-hybridized carbons (Fsp3) is 0.375. The van der Waals surface area contributed by atoms with Crippen LogP contribution < -0.4 is 0 Å². The molecule has 5 heteroatoms. The zero-order chi connectivity index (χ0) is 15.0. The molecule has 1 atom stereocenters. The Morgan fingerprint density at radius 2 is 2.24 bits per heavy atom. The number of para-hydroxylation sites is 1. The monoisotopic (exact) mass is 285 g/mol. The molecule has 1 aromatic carbocycles. The van der Waals surface area contributed by atoms with Crippen LogP contribution in [0.25, 0.3) is 10.9 Å². The number of hydrogen-bond donors (Lipinski definition) is 1. The topological polar surface area (TPSA) is 56.4 Å². The molecule has 0 aliphatic carbocycles. The largest absolute Gasteiger partial charge is 0.357 e. The average molecular weight is 285 g/mol. The Labute approximate surface area is 123 Å². The summed E-state index contributed by atoms with van der Waals surface area (Å²) in [6.45, 7) is 2.77. The van der Waals surface area contributed by atoms with Gasteiger partial charge in [-0.15, -0.1) is 0 Å². The molecule has 1 N–H and O–H groups in total. The van der Waals surface area contributed by atoms with Crippen molar-refractivity contribution < 1.29 is 9.59 Å². The smallest absolute Gasteiger partial charge is 0.242 e. The summed E-state index contributed by atoms with van der Waals surface area (Å²) in [5, 5.41) is 1.25. The van der Waals surface area contributed by atoms with Gasteiger partial charge < -0.3 is 14.8 Å². The molecule has 5 nitrogen and oxygen atoms in total. The zero-order valence-corrected chi connectivity index (χ0v) is 12.3. The lowest BCUT2D eigenvalue weighted by Crippen LogP contribution is -2.46. The average Bonchev–Trinajstić information content (AvgIpc) is 2.84. The van der Waals surface area contributed by atoms with Crippen LogP contribution in [0.15, 0.2) is 24.3 Å². The summed E-state index contributed by atoms with van der Waals surface area (Å²) in [7, 11) is 1.62. The Bertz CT molecular complexity index is 692. The SMILES string of the molecule is C[C@H]1Cc2c([nH]c3ccccc23)CN1C(=O)CN(C)C=O. The summed E-state index contributed by atoms with van der Waals surface area (Å²) in [5.41, 5.74) is 3.54. The molecule has 1 aromatic heterocycles. The first kappa shape index (κ1) is 13.7. The summed E-state index contributed by atoms with van der Waals surface area (Å²) < 4.78 is 0. The minimum absolute atomic E-state index is 0.0126. The van der Waals surface area contributed by atoms with E-state index in [9.17, 15) is 9.59 Å². The lowest BCUT2D eigenvalue weighted by Gasteiger charge is -2.34. The Balaban J connectivity index is 1.88. The molecule has 21 heavy (non-hydrogen) atoms. The van der Waals surface area contributed by atoms with Crippen molar-refractivity contribution in [1.82, 2.24) is 14.8 Å². The van der Waals surface area contributed by atoms with E-state index in [1.807, 2.05) is 17.0 Å². The third-order valence-corrected chi connectivity index (χ3v) is 4.15. The maximum atomic E-state index is 12.3. The highest BCUT2D eigenvalue weighted by molar-refractivity contribution is 5.86. The molecule has 2 aromatic rings. The number of benzene rings is 1. The van der Waals surface area contributed by atoms with E-state index in [2.05, 4.69) is 24.0 Å². The van der Waals surface area contributed by atoms with Crippen molar-refractivity contribution in [1.29, 1.82) is 0 Å².